The van der Waals surface area contributed by atoms with Crippen LogP contribution in [0.25, 0.3) is 10.9 Å². The normalized spacial score (nSPS) is 14.8. The number of benzene rings is 2. The van der Waals surface area contributed by atoms with Gasteiger partial charge in [-0.2, -0.15) is 0 Å². The fourth-order valence-electron chi connectivity index (χ4n) is 4.20. The Morgan fingerprint density at radius 1 is 1.07 bits per heavy atom. The molecule has 1 aliphatic heterocycles. The van der Waals surface area contributed by atoms with E-state index in [1.807, 2.05) is 49.0 Å². The Morgan fingerprint density at radius 2 is 1.77 bits per heavy atom. The Morgan fingerprint density at radius 3 is 2.43 bits per heavy atom. The third kappa shape index (κ3) is 3.82. The van der Waals surface area contributed by atoms with E-state index >= 15 is 0 Å². The van der Waals surface area contributed by atoms with Gasteiger partial charge < -0.3 is 9.47 Å². The maximum Gasteiger partial charge on any atom is 0.324 e. The van der Waals surface area contributed by atoms with Crippen molar-refractivity contribution in [1.82, 2.24) is 9.47 Å². The van der Waals surface area contributed by atoms with Crippen molar-refractivity contribution in [2.75, 3.05) is 24.5 Å². The second kappa shape index (κ2) is 8.30. The lowest BCUT2D eigenvalue weighted by Gasteiger charge is -2.35. The number of hydrogen-bond acceptors (Lipinski definition) is 2. The van der Waals surface area contributed by atoms with Crippen LogP contribution in [0.1, 0.15) is 30.1 Å². The van der Waals surface area contributed by atoms with Crippen molar-refractivity contribution in [3.05, 3.63) is 66.1 Å². The van der Waals surface area contributed by atoms with E-state index in [0.717, 1.165) is 16.5 Å². The molecule has 0 N–H and O–H groups in total. The zero-order valence-electron chi connectivity index (χ0n) is 17.3. The van der Waals surface area contributed by atoms with Crippen LogP contribution in [-0.4, -0.2) is 40.9 Å². The van der Waals surface area contributed by atoms with Gasteiger partial charge in [0.15, 0.2) is 5.78 Å². The van der Waals surface area contributed by atoms with Crippen molar-refractivity contribution >= 4 is 28.4 Å². The number of fused-ring (bicyclic) bond motifs is 1. The Kier molecular flexibility index (Phi) is 5.57. The summed E-state index contributed by atoms with van der Waals surface area (Å²) in [6.07, 6.45) is 3.29. The smallest absolute Gasteiger partial charge is 0.324 e. The molecule has 0 bridgehead atoms. The number of aromatic nitrogens is 1. The monoisotopic (exact) mass is 407 g/mol. The fraction of sp³-hybridized carbons (Fsp3) is 0.333. The molecule has 1 fully saturated rings. The largest absolute Gasteiger partial charge is 0.351 e. The number of ketones is 1. The molecule has 3 aromatic rings. The van der Waals surface area contributed by atoms with Gasteiger partial charge in [0.1, 0.15) is 5.82 Å². The van der Waals surface area contributed by atoms with Gasteiger partial charge in [0, 0.05) is 55.6 Å². The summed E-state index contributed by atoms with van der Waals surface area (Å²) in [6.45, 7) is 3.48. The van der Waals surface area contributed by atoms with E-state index in [0.29, 0.717) is 38.2 Å². The molecule has 6 heteroatoms. The van der Waals surface area contributed by atoms with Crippen LogP contribution >= 0.6 is 0 Å². The topological polar surface area (TPSA) is 45.6 Å². The van der Waals surface area contributed by atoms with E-state index < -0.39 is 0 Å². The molecule has 30 heavy (non-hydrogen) atoms. The van der Waals surface area contributed by atoms with Crippen molar-refractivity contribution in [3.63, 3.8) is 0 Å². The number of rotatable bonds is 4. The molecule has 0 saturated carbocycles. The van der Waals surface area contributed by atoms with Crippen molar-refractivity contribution in [2.45, 2.75) is 19.8 Å². The second-order valence-electron chi connectivity index (χ2n) is 7.83. The van der Waals surface area contributed by atoms with E-state index in [-0.39, 0.29) is 23.5 Å². The molecule has 2 amide bonds. The number of nitrogens with zero attached hydrogens (tertiary/aromatic N) is 3. The summed E-state index contributed by atoms with van der Waals surface area (Å²) < 4.78 is 15.2. The molecule has 2 heterocycles. The molecule has 1 aliphatic rings. The van der Waals surface area contributed by atoms with Crippen molar-refractivity contribution in [3.8, 4) is 0 Å². The maximum absolute atomic E-state index is 13.2. The number of anilines is 1. The molecule has 0 atom stereocenters. The van der Waals surface area contributed by atoms with E-state index in [1.54, 1.807) is 21.9 Å². The number of likely N-dealkylation sites (tertiary alicyclic amines) is 1. The molecule has 156 valence electrons. The van der Waals surface area contributed by atoms with Crippen LogP contribution in [0, 0.1) is 11.7 Å². The predicted octanol–water partition coefficient (Wildman–Crippen LogP) is 4.86. The quantitative estimate of drug-likeness (QED) is 0.580. The van der Waals surface area contributed by atoms with E-state index in [2.05, 4.69) is 0 Å². The number of Topliss-reactive ketones (excluding diaryl/α,β-unsaturated/α-hetero) is 1. The molecule has 2 aromatic carbocycles. The van der Waals surface area contributed by atoms with Crippen LogP contribution in [0.4, 0.5) is 14.9 Å². The van der Waals surface area contributed by atoms with Gasteiger partial charge >= 0.3 is 6.03 Å². The number of carbonyl (C=O) groups is 2. The molecule has 0 spiro atoms. The maximum atomic E-state index is 13.2. The van der Waals surface area contributed by atoms with Crippen LogP contribution in [0.15, 0.2) is 54.7 Å². The van der Waals surface area contributed by atoms with Gasteiger partial charge in [-0.3, -0.25) is 9.69 Å². The van der Waals surface area contributed by atoms with Crippen molar-refractivity contribution in [2.24, 2.45) is 13.0 Å². The standard InChI is InChI=1S/C24H26FN3O2/c1-3-28(21-8-6-20(25)7-9-21)24(30)27-14-11-18(12-15-27)23(29)19-5-4-17-10-13-26(2)22(17)16-19/h4-10,13,16,18H,3,11-12,14-15H2,1-2H3. The lowest BCUT2D eigenvalue weighted by molar-refractivity contribution is 0.0857. The van der Waals surface area contributed by atoms with E-state index in [1.165, 1.54) is 12.1 Å². The van der Waals surface area contributed by atoms with Crippen molar-refractivity contribution in [1.29, 1.82) is 0 Å². The zero-order valence-corrected chi connectivity index (χ0v) is 17.3. The number of piperidine rings is 1. The van der Waals surface area contributed by atoms with Crippen LogP contribution in [0.3, 0.4) is 0 Å². The average molecular weight is 407 g/mol. The van der Waals surface area contributed by atoms with Gasteiger partial charge in [-0.1, -0.05) is 12.1 Å². The van der Waals surface area contributed by atoms with Gasteiger partial charge in [0.25, 0.3) is 0 Å². The Labute approximate surface area is 175 Å². The molecule has 0 aliphatic carbocycles. The lowest BCUT2D eigenvalue weighted by atomic mass is 9.88. The summed E-state index contributed by atoms with van der Waals surface area (Å²) in [4.78, 5) is 29.5. The average Bonchev–Trinajstić information content (AvgIpc) is 3.15. The predicted molar refractivity (Wildman–Crippen MR) is 116 cm³/mol. The number of halogens is 1. The third-order valence-electron chi connectivity index (χ3n) is 5.99. The molecule has 0 unspecified atom stereocenters. The van der Waals surface area contributed by atoms with Crippen LogP contribution in [0.5, 0.6) is 0 Å². The first-order chi connectivity index (χ1) is 14.5. The molecule has 4 rings (SSSR count). The second-order valence-corrected chi connectivity index (χ2v) is 7.83. The SMILES string of the molecule is CCN(C(=O)N1CCC(C(=O)c2ccc3ccn(C)c3c2)CC1)c1ccc(F)cc1. The van der Waals surface area contributed by atoms with Gasteiger partial charge in [-0.05, 0) is 61.5 Å². The van der Waals surface area contributed by atoms with Crippen LogP contribution < -0.4 is 4.90 Å². The molecule has 0 radical (unpaired) electrons. The van der Waals surface area contributed by atoms with Gasteiger partial charge in [-0.15, -0.1) is 0 Å². The highest BCUT2D eigenvalue weighted by Crippen LogP contribution is 2.26. The van der Waals surface area contributed by atoms with Crippen LogP contribution in [0.2, 0.25) is 0 Å². The Balaban J connectivity index is 1.42. The number of aryl methyl sites for hydroxylation is 1. The fourth-order valence-corrected chi connectivity index (χ4v) is 4.20. The first-order valence-electron chi connectivity index (χ1n) is 10.4. The molecule has 1 saturated heterocycles. The highest BCUT2D eigenvalue weighted by molar-refractivity contribution is 6.01. The molecular formula is C24H26FN3O2. The molecule has 1 aromatic heterocycles. The van der Waals surface area contributed by atoms with Crippen molar-refractivity contribution < 1.29 is 14.0 Å². The molecule has 5 nitrogen and oxygen atoms in total. The summed E-state index contributed by atoms with van der Waals surface area (Å²) >= 11 is 0. The number of urea groups is 1. The first kappa shape index (κ1) is 20.1. The minimum Gasteiger partial charge on any atom is -0.351 e. The number of carbonyl (C=O) groups excluding carboxylic acids is 2. The molecular weight excluding hydrogens is 381 g/mol. The highest BCUT2D eigenvalue weighted by Gasteiger charge is 2.30. The minimum atomic E-state index is -0.324. The van der Waals surface area contributed by atoms with Gasteiger partial charge in [0.2, 0.25) is 0 Å². The summed E-state index contributed by atoms with van der Waals surface area (Å²) in [7, 11) is 1.97. The lowest BCUT2D eigenvalue weighted by Crippen LogP contribution is -2.47. The van der Waals surface area contributed by atoms with Gasteiger partial charge in [0.05, 0.1) is 0 Å². The summed E-state index contributed by atoms with van der Waals surface area (Å²) in [5.74, 6) is -0.251. The number of amides is 2. The van der Waals surface area contributed by atoms with Gasteiger partial charge in [-0.25, -0.2) is 9.18 Å². The Bertz CT molecular complexity index is 1070. The number of hydrogen-bond donors (Lipinski definition) is 0. The Hall–Kier alpha value is -3.15. The summed E-state index contributed by atoms with van der Waals surface area (Å²) in [5.41, 5.74) is 2.46. The van der Waals surface area contributed by atoms with Crippen LogP contribution in [-0.2, 0) is 7.05 Å². The van der Waals surface area contributed by atoms with E-state index in [9.17, 15) is 14.0 Å². The third-order valence-corrected chi connectivity index (χ3v) is 5.99. The summed E-state index contributed by atoms with van der Waals surface area (Å²) in [5, 5.41) is 1.12. The highest BCUT2D eigenvalue weighted by atomic mass is 19.1. The minimum absolute atomic E-state index is 0.0762. The first-order valence-corrected chi connectivity index (χ1v) is 10.4. The summed E-state index contributed by atoms with van der Waals surface area (Å²) in [6, 6.07) is 13.7. The van der Waals surface area contributed by atoms with E-state index in [4.69, 9.17) is 0 Å². The zero-order chi connectivity index (χ0) is 21.3.